The minimum absolute atomic E-state index is 0.122. The van der Waals surface area contributed by atoms with Gasteiger partial charge in [0.1, 0.15) is 5.75 Å². The van der Waals surface area contributed by atoms with Crippen molar-refractivity contribution in [3.8, 4) is 5.75 Å². The number of piperidine rings is 1. The average Bonchev–Trinajstić information content (AvgIpc) is 2.41. The van der Waals surface area contributed by atoms with Gasteiger partial charge in [-0.15, -0.1) is 0 Å². The molecule has 1 fully saturated rings. The Kier molecular flexibility index (Phi) is 4.12. The van der Waals surface area contributed by atoms with Crippen LogP contribution >= 0.6 is 0 Å². The van der Waals surface area contributed by atoms with Crippen LogP contribution in [-0.4, -0.2) is 39.7 Å². The Morgan fingerprint density at radius 1 is 1.35 bits per heavy atom. The fraction of sp³-hybridized carbons (Fsp3) is 0.429. The number of likely N-dealkylation sites (tertiary alicyclic amines) is 1. The molecular weight excluding hydrogens is 260 g/mol. The highest BCUT2D eigenvalue weighted by Gasteiger charge is 2.24. The van der Waals surface area contributed by atoms with Gasteiger partial charge in [-0.05, 0) is 44.4 Å². The van der Waals surface area contributed by atoms with Crippen molar-refractivity contribution in [2.45, 2.75) is 32.2 Å². The van der Waals surface area contributed by atoms with E-state index in [0.29, 0.717) is 6.54 Å². The van der Waals surface area contributed by atoms with Crippen LogP contribution in [0.2, 0.25) is 0 Å². The van der Waals surface area contributed by atoms with E-state index in [9.17, 15) is 14.7 Å². The zero-order valence-electron chi connectivity index (χ0n) is 11.3. The number of phenols is 1. The summed E-state index contributed by atoms with van der Waals surface area (Å²) in [5.41, 5.74) is 0.0704. The van der Waals surface area contributed by atoms with Crippen LogP contribution in [0.5, 0.6) is 5.75 Å². The van der Waals surface area contributed by atoms with Gasteiger partial charge in [0.25, 0.3) is 0 Å². The van der Waals surface area contributed by atoms with E-state index in [2.05, 4.69) is 5.32 Å². The zero-order chi connectivity index (χ0) is 14.7. The highest BCUT2D eigenvalue weighted by molar-refractivity contribution is 6.00. The van der Waals surface area contributed by atoms with Crippen LogP contribution in [-0.2, 0) is 0 Å². The summed E-state index contributed by atoms with van der Waals surface area (Å²) < 4.78 is 0. The number of carbonyl (C=O) groups excluding carboxylic acids is 1. The van der Waals surface area contributed by atoms with Crippen LogP contribution in [0, 0.1) is 0 Å². The van der Waals surface area contributed by atoms with Gasteiger partial charge in [0, 0.05) is 12.6 Å². The normalized spacial score (nSPS) is 18.6. The molecule has 1 unspecified atom stereocenters. The number of hydrogen-bond acceptors (Lipinski definition) is 3. The van der Waals surface area contributed by atoms with Crippen molar-refractivity contribution < 1.29 is 19.8 Å². The first kappa shape index (κ1) is 14.2. The predicted molar refractivity (Wildman–Crippen MR) is 74.1 cm³/mol. The molecule has 20 heavy (non-hydrogen) atoms. The van der Waals surface area contributed by atoms with Crippen LogP contribution < -0.4 is 5.32 Å². The SMILES string of the molecule is CC1CCCCN1C(=O)Nc1ccc(O)cc1C(=O)O. The number of carboxylic acid groups (broad SMARTS) is 1. The molecule has 1 aromatic rings. The summed E-state index contributed by atoms with van der Waals surface area (Å²) in [6.07, 6.45) is 3.01. The molecule has 1 heterocycles. The Labute approximate surface area is 117 Å². The summed E-state index contributed by atoms with van der Waals surface area (Å²) in [6, 6.07) is 3.71. The number of hydrogen-bond donors (Lipinski definition) is 3. The Balaban J connectivity index is 2.17. The van der Waals surface area contributed by atoms with E-state index in [-0.39, 0.29) is 29.1 Å². The largest absolute Gasteiger partial charge is 0.508 e. The van der Waals surface area contributed by atoms with Crippen molar-refractivity contribution in [1.82, 2.24) is 4.90 Å². The third-order valence-electron chi connectivity index (χ3n) is 3.54. The van der Waals surface area contributed by atoms with Crippen LogP contribution in [0.3, 0.4) is 0 Å². The van der Waals surface area contributed by atoms with Crippen molar-refractivity contribution >= 4 is 17.7 Å². The zero-order valence-corrected chi connectivity index (χ0v) is 11.3. The van der Waals surface area contributed by atoms with E-state index in [1.54, 1.807) is 4.90 Å². The van der Waals surface area contributed by atoms with Gasteiger partial charge in [-0.3, -0.25) is 0 Å². The van der Waals surface area contributed by atoms with Gasteiger partial charge >= 0.3 is 12.0 Å². The van der Waals surface area contributed by atoms with E-state index in [0.717, 1.165) is 25.3 Å². The fourth-order valence-electron chi connectivity index (χ4n) is 2.41. The molecule has 2 amide bonds. The van der Waals surface area contributed by atoms with E-state index in [4.69, 9.17) is 5.11 Å². The number of carboxylic acids is 1. The Morgan fingerprint density at radius 2 is 2.10 bits per heavy atom. The van der Waals surface area contributed by atoms with Gasteiger partial charge in [-0.1, -0.05) is 0 Å². The number of rotatable bonds is 2. The number of nitrogens with one attached hydrogen (secondary N) is 1. The summed E-state index contributed by atoms with van der Waals surface area (Å²) in [4.78, 5) is 25.0. The van der Waals surface area contributed by atoms with Crippen LogP contribution in [0.25, 0.3) is 0 Å². The molecule has 3 N–H and O–H groups in total. The molecule has 1 aliphatic rings. The second-order valence-corrected chi connectivity index (χ2v) is 5.00. The molecule has 0 saturated carbocycles. The first-order chi connectivity index (χ1) is 9.49. The number of aromatic hydroxyl groups is 1. The van der Waals surface area contributed by atoms with Gasteiger partial charge in [-0.2, -0.15) is 0 Å². The maximum Gasteiger partial charge on any atom is 0.337 e. The quantitative estimate of drug-likeness (QED) is 0.725. The van der Waals surface area contributed by atoms with Crippen molar-refractivity contribution in [2.24, 2.45) is 0 Å². The van der Waals surface area contributed by atoms with Crippen molar-refractivity contribution in [2.75, 3.05) is 11.9 Å². The lowest BCUT2D eigenvalue weighted by Gasteiger charge is -2.33. The molecule has 108 valence electrons. The minimum Gasteiger partial charge on any atom is -0.508 e. The molecule has 1 aliphatic heterocycles. The van der Waals surface area contributed by atoms with Crippen molar-refractivity contribution in [3.63, 3.8) is 0 Å². The number of carbonyl (C=O) groups is 2. The molecule has 0 radical (unpaired) electrons. The lowest BCUT2D eigenvalue weighted by molar-refractivity contribution is 0.0697. The molecule has 0 spiro atoms. The molecule has 0 bridgehead atoms. The molecular formula is C14H18N2O4. The van der Waals surface area contributed by atoms with Gasteiger partial charge in [0.05, 0.1) is 11.3 Å². The summed E-state index contributed by atoms with van der Waals surface area (Å²) in [7, 11) is 0. The Hall–Kier alpha value is -2.24. The number of anilines is 1. The number of amides is 2. The highest BCUT2D eigenvalue weighted by atomic mass is 16.4. The van der Waals surface area contributed by atoms with Gasteiger partial charge in [0.2, 0.25) is 0 Å². The molecule has 2 rings (SSSR count). The van der Waals surface area contributed by atoms with Gasteiger partial charge < -0.3 is 20.4 Å². The maximum absolute atomic E-state index is 12.2. The monoisotopic (exact) mass is 278 g/mol. The number of phenolic OH excluding ortho intramolecular Hbond substituents is 1. The second kappa shape index (κ2) is 5.81. The smallest absolute Gasteiger partial charge is 0.337 e. The number of nitrogens with zero attached hydrogens (tertiary/aromatic N) is 1. The van der Waals surface area contributed by atoms with Crippen molar-refractivity contribution in [1.29, 1.82) is 0 Å². The molecule has 6 heteroatoms. The summed E-state index contributed by atoms with van der Waals surface area (Å²) in [5.74, 6) is -1.34. The molecule has 0 aromatic heterocycles. The first-order valence-electron chi connectivity index (χ1n) is 6.63. The van der Waals surface area contributed by atoms with Gasteiger partial charge in [-0.25, -0.2) is 9.59 Å². The molecule has 1 aromatic carbocycles. The first-order valence-corrected chi connectivity index (χ1v) is 6.63. The number of urea groups is 1. The van der Waals surface area contributed by atoms with Crippen LogP contribution in [0.1, 0.15) is 36.5 Å². The Bertz CT molecular complexity index is 530. The predicted octanol–water partition coefficient (Wildman–Crippen LogP) is 2.50. The van der Waals surface area contributed by atoms with E-state index < -0.39 is 5.97 Å². The molecule has 6 nitrogen and oxygen atoms in total. The standard InChI is InChI=1S/C14H18N2O4/c1-9-4-2-3-7-16(9)14(20)15-12-6-5-10(17)8-11(12)13(18)19/h5-6,8-9,17H,2-4,7H2,1H3,(H,15,20)(H,18,19). The fourth-order valence-corrected chi connectivity index (χ4v) is 2.41. The third-order valence-corrected chi connectivity index (χ3v) is 3.54. The van der Waals surface area contributed by atoms with Crippen molar-refractivity contribution in [3.05, 3.63) is 23.8 Å². The molecule has 0 aliphatic carbocycles. The van der Waals surface area contributed by atoms with E-state index in [1.807, 2.05) is 6.92 Å². The molecule has 1 atom stereocenters. The van der Waals surface area contributed by atoms with Gasteiger partial charge in [0.15, 0.2) is 0 Å². The lowest BCUT2D eigenvalue weighted by Crippen LogP contribution is -2.44. The van der Waals surface area contributed by atoms with E-state index in [1.165, 1.54) is 12.1 Å². The third kappa shape index (κ3) is 3.01. The summed E-state index contributed by atoms with van der Waals surface area (Å²) in [6.45, 7) is 2.65. The number of benzene rings is 1. The summed E-state index contributed by atoms with van der Waals surface area (Å²) in [5, 5.41) is 21.0. The maximum atomic E-state index is 12.2. The van der Waals surface area contributed by atoms with Crippen LogP contribution in [0.15, 0.2) is 18.2 Å². The lowest BCUT2D eigenvalue weighted by atomic mass is 10.0. The van der Waals surface area contributed by atoms with E-state index >= 15 is 0 Å². The Morgan fingerprint density at radius 3 is 2.75 bits per heavy atom. The minimum atomic E-state index is -1.19. The topological polar surface area (TPSA) is 89.9 Å². The highest BCUT2D eigenvalue weighted by Crippen LogP contribution is 2.23. The molecule has 1 saturated heterocycles. The average molecular weight is 278 g/mol. The summed E-state index contributed by atoms with van der Waals surface area (Å²) >= 11 is 0. The van der Waals surface area contributed by atoms with Crippen LogP contribution in [0.4, 0.5) is 10.5 Å². The number of aromatic carboxylic acids is 1. The second-order valence-electron chi connectivity index (χ2n) is 5.00.